The van der Waals surface area contributed by atoms with E-state index in [9.17, 15) is 14.4 Å². The fourth-order valence-corrected chi connectivity index (χ4v) is 2.30. The molecule has 0 aromatic carbocycles. The molecule has 122 valence electrons. The smallest absolute Gasteiger partial charge is 0.339 e. The van der Waals surface area contributed by atoms with Crippen molar-refractivity contribution in [3.63, 3.8) is 0 Å². The predicted molar refractivity (Wildman–Crippen MR) is 81.6 cm³/mol. The number of Topliss-reactive ketones (excluding diaryl/α,β-unsaturated/α-hetero) is 1. The predicted octanol–water partition coefficient (Wildman–Crippen LogP) is 2.10. The molecule has 0 atom stereocenters. The second-order valence-electron chi connectivity index (χ2n) is 5.43. The van der Waals surface area contributed by atoms with Crippen LogP contribution in [0, 0.1) is 6.92 Å². The number of carbonyl (C=O) groups excluding carboxylic acids is 2. The molecule has 2 heterocycles. The van der Waals surface area contributed by atoms with E-state index < -0.39 is 5.97 Å². The SMILES string of the molecule is CC(=O)c1cc(C(=O)N(C)Cc2cc(C(=O)O)c(C)o2)n(C)c1. The number of aromatic carboxylic acids is 1. The number of amides is 1. The minimum atomic E-state index is -1.07. The van der Waals surface area contributed by atoms with Crippen molar-refractivity contribution < 1.29 is 23.9 Å². The van der Waals surface area contributed by atoms with Gasteiger partial charge in [-0.2, -0.15) is 0 Å². The van der Waals surface area contributed by atoms with Gasteiger partial charge in [0, 0.05) is 25.9 Å². The number of nitrogens with zero attached hydrogens (tertiary/aromatic N) is 2. The Morgan fingerprint density at radius 2 is 1.96 bits per heavy atom. The summed E-state index contributed by atoms with van der Waals surface area (Å²) in [5.74, 6) is -0.788. The Labute approximate surface area is 133 Å². The van der Waals surface area contributed by atoms with Gasteiger partial charge in [0.15, 0.2) is 5.78 Å². The minimum Gasteiger partial charge on any atom is -0.478 e. The maximum atomic E-state index is 12.5. The molecule has 0 bridgehead atoms. The number of hydrogen-bond acceptors (Lipinski definition) is 4. The van der Waals surface area contributed by atoms with Crippen molar-refractivity contribution in [1.82, 2.24) is 9.47 Å². The molecule has 0 saturated heterocycles. The first-order chi connectivity index (χ1) is 10.7. The van der Waals surface area contributed by atoms with Gasteiger partial charge in [-0.3, -0.25) is 9.59 Å². The first-order valence-electron chi connectivity index (χ1n) is 6.96. The fraction of sp³-hybridized carbons (Fsp3) is 0.312. The van der Waals surface area contributed by atoms with E-state index in [4.69, 9.17) is 9.52 Å². The lowest BCUT2D eigenvalue weighted by Gasteiger charge is -2.16. The van der Waals surface area contributed by atoms with Gasteiger partial charge >= 0.3 is 5.97 Å². The summed E-state index contributed by atoms with van der Waals surface area (Å²) < 4.78 is 6.96. The van der Waals surface area contributed by atoms with Crippen LogP contribution in [0.5, 0.6) is 0 Å². The lowest BCUT2D eigenvalue weighted by Crippen LogP contribution is -2.27. The first-order valence-corrected chi connectivity index (χ1v) is 6.96. The molecule has 0 unspecified atom stereocenters. The van der Waals surface area contributed by atoms with E-state index in [0.29, 0.717) is 22.8 Å². The lowest BCUT2D eigenvalue weighted by molar-refractivity contribution is 0.0693. The highest BCUT2D eigenvalue weighted by molar-refractivity contribution is 5.99. The molecular formula is C16H18N2O5. The molecule has 7 heteroatoms. The van der Waals surface area contributed by atoms with E-state index in [1.54, 1.807) is 31.8 Å². The van der Waals surface area contributed by atoms with Crippen molar-refractivity contribution in [2.75, 3.05) is 7.05 Å². The van der Waals surface area contributed by atoms with Crippen LogP contribution < -0.4 is 0 Å². The van der Waals surface area contributed by atoms with Gasteiger partial charge in [-0.25, -0.2) is 4.79 Å². The number of carbonyl (C=O) groups is 3. The van der Waals surface area contributed by atoms with Crippen LogP contribution in [0.3, 0.4) is 0 Å². The Hall–Kier alpha value is -2.83. The molecule has 0 aliphatic rings. The van der Waals surface area contributed by atoms with Gasteiger partial charge in [-0.1, -0.05) is 0 Å². The lowest BCUT2D eigenvalue weighted by atomic mass is 10.2. The number of ketones is 1. The monoisotopic (exact) mass is 318 g/mol. The average Bonchev–Trinajstić information content (AvgIpc) is 3.01. The molecule has 0 radical (unpaired) electrons. The number of carboxylic acids is 1. The van der Waals surface area contributed by atoms with Crippen LogP contribution in [0.1, 0.15) is 49.6 Å². The third kappa shape index (κ3) is 3.33. The molecule has 0 spiro atoms. The van der Waals surface area contributed by atoms with Crippen LogP contribution >= 0.6 is 0 Å². The summed E-state index contributed by atoms with van der Waals surface area (Å²) in [5, 5.41) is 9.02. The van der Waals surface area contributed by atoms with Gasteiger partial charge in [0.25, 0.3) is 5.91 Å². The van der Waals surface area contributed by atoms with Crippen molar-refractivity contribution in [2.24, 2.45) is 7.05 Å². The second-order valence-corrected chi connectivity index (χ2v) is 5.43. The topological polar surface area (TPSA) is 92.8 Å². The summed E-state index contributed by atoms with van der Waals surface area (Å²) in [6.45, 7) is 3.13. The Morgan fingerprint density at radius 1 is 1.30 bits per heavy atom. The van der Waals surface area contributed by atoms with Crippen LogP contribution in [0.15, 0.2) is 22.7 Å². The van der Waals surface area contributed by atoms with Crippen LogP contribution in [0.2, 0.25) is 0 Å². The van der Waals surface area contributed by atoms with Crippen LogP contribution in [-0.4, -0.2) is 39.3 Å². The third-order valence-corrected chi connectivity index (χ3v) is 3.57. The number of aryl methyl sites for hydroxylation is 2. The number of carboxylic acid groups (broad SMARTS) is 1. The Bertz CT molecular complexity index is 784. The van der Waals surface area contributed by atoms with Gasteiger partial charge in [-0.05, 0) is 26.0 Å². The van der Waals surface area contributed by atoms with Crippen molar-refractivity contribution in [1.29, 1.82) is 0 Å². The molecule has 0 aliphatic heterocycles. The summed E-state index contributed by atoms with van der Waals surface area (Å²) in [6.07, 6.45) is 1.60. The Morgan fingerprint density at radius 3 is 2.43 bits per heavy atom. The van der Waals surface area contributed by atoms with Gasteiger partial charge in [0.2, 0.25) is 0 Å². The number of hydrogen-bond donors (Lipinski definition) is 1. The molecule has 2 aromatic rings. The largest absolute Gasteiger partial charge is 0.478 e. The third-order valence-electron chi connectivity index (χ3n) is 3.57. The van der Waals surface area contributed by atoms with E-state index in [-0.39, 0.29) is 23.8 Å². The molecule has 0 fully saturated rings. The summed E-state index contributed by atoms with van der Waals surface area (Å²) in [7, 11) is 3.27. The fourth-order valence-electron chi connectivity index (χ4n) is 2.30. The molecule has 2 rings (SSSR count). The zero-order chi connectivity index (χ0) is 17.3. The molecule has 2 aromatic heterocycles. The minimum absolute atomic E-state index is 0.0820. The highest BCUT2D eigenvalue weighted by Crippen LogP contribution is 2.17. The number of aromatic nitrogens is 1. The van der Waals surface area contributed by atoms with E-state index in [1.807, 2.05) is 0 Å². The quantitative estimate of drug-likeness (QED) is 0.852. The Kier molecular flexibility index (Phi) is 4.40. The molecule has 1 N–H and O–H groups in total. The molecular weight excluding hydrogens is 300 g/mol. The first kappa shape index (κ1) is 16.5. The van der Waals surface area contributed by atoms with Crippen LogP contribution in [0.25, 0.3) is 0 Å². The second kappa shape index (κ2) is 6.12. The summed E-state index contributed by atoms with van der Waals surface area (Å²) in [6, 6.07) is 2.95. The highest BCUT2D eigenvalue weighted by Gasteiger charge is 2.20. The van der Waals surface area contributed by atoms with Crippen LogP contribution in [0.4, 0.5) is 0 Å². The molecule has 7 nitrogen and oxygen atoms in total. The molecule has 23 heavy (non-hydrogen) atoms. The summed E-state index contributed by atoms with van der Waals surface area (Å²) in [5.41, 5.74) is 0.921. The normalized spacial score (nSPS) is 10.6. The van der Waals surface area contributed by atoms with Crippen molar-refractivity contribution >= 4 is 17.7 Å². The van der Waals surface area contributed by atoms with Gasteiger partial charge < -0.3 is 19.0 Å². The Balaban J connectivity index is 2.19. The van der Waals surface area contributed by atoms with Crippen molar-refractivity contribution in [2.45, 2.75) is 20.4 Å². The van der Waals surface area contributed by atoms with E-state index in [0.717, 1.165) is 0 Å². The van der Waals surface area contributed by atoms with E-state index in [1.165, 1.54) is 24.0 Å². The van der Waals surface area contributed by atoms with Crippen molar-refractivity contribution in [3.8, 4) is 0 Å². The van der Waals surface area contributed by atoms with Crippen LogP contribution in [-0.2, 0) is 13.6 Å². The average molecular weight is 318 g/mol. The molecule has 0 aliphatic carbocycles. The molecule has 1 amide bonds. The summed E-state index contributed by atoms with van der Waals surface area (Å²) >= 11 is 0. The number of furan rings is 1. The maximum absolute atomic E-state index is 12.5. The van der Waals surface area contributed by atoms with Crippen molar-refractivity contribution in [3.05, 3.63) is 46.7 Å². The summed E-state index contributed by atoms with van der Waals surface area (Å²) in [4.78, 5) is 36.3. The zero-order valence-corrected chi connectivity index (χ0v) is 13.4. The maximum Gasteiger partial charge on any atom is 0.339 e. The molecule has 0 saturated carbocycles. The van der Waals surface area contributed by atoms with Gasteiger partial charge in [0.1, 0.15) is 22.8 Å². The van der Waals surface area contributed by atoms with Gasteiger partial charge in [-0.15, -0.1) is 0 Å². The zero-order valence-electron chi connectivity index (χ0n) is 13.4. The standard InChI is InChI=1S/C16H18N2O5/c1-9(19)11-5-14(17(3)7-11)15(20)18(4)8-12-6-13(16(21)22)10(2)23-12/h5-7H,8H2,1-4H3,(H,21,22). The van der Waals surface area contributed by atoms with E-state index >= 15 is 0 Å². The van der Waals surface area contributed by atoms with Gasteiger partial charge in [0.05, 0.1) is 6.54 Å². The van der Waals surface area contributed by atoms with E-state index in [2.05, 4.69) is 0 Å². The number of rotatable bonds is 5. The highest BCUT2D eigenvalue weighted by atomic mass is 16.4.